The predicted octanol–water partition coefficient (Wildman–Crippen LogP) is 2.48. The summed E-state index contributed by atoms with van der Waals surface area (Å²) in [7, 11) is 0. The number of hydrogen-bond donors (Lipinski definition) is 1. The van der Waals surface area contributed by atoms with Gasteiger partial charge in [0.2, 0.25) is 0 Å². The van der Waals surface area contributed by atoms with E-state index in [9.17, 15) is 5.11 Å². The number of aliphatic hydroxyl groups is 1. The number of aliphatic hydroxyl groups excluding tert-OH is 1. The van der Waals surface area contributed by atoms with E-state index in [0.29, 0.717) is 13.2 Å². The zero-order chi connectivity index (χ0) is 11.6. The highest BCUT2D eigenvalue weighted by molar-refractivity contribution is 4.80. The first-order valence-electron chi connectivity index (χ1n) is 5.31. The minimum absolute atomic E-state index is 0.0681. The maximum Gasteiger partial charge on any atom is 0.0984 e. The molecule has 0 spiro atoms. The number of ether oxygens (including phenoxy) is 2. The van der Waals surface area contributed by atoms with E-state index in [4.69, 9.17) is 9.47 Å². The second-order valence-electron chi connectivity index (χ2n) is 3.57. The molecular formula is C12H22O3. The molecule has 0 rings (SSSR count). The third-order valence-corrected chi connectivity index (χ3v) is 2.33. The SMILES string of the molecule is C/C=C/OCC(CC)(CO)CO/C=C/C. The van der Waals surface area contributed by atoms with Crippen LogP contribution in [0.15, 0.2) is 24.7 Å². The van der Waals surface area contributed by atoms with Crippen LogP contribution in [0.3, 0.4) is 0 Å². The van der Waals surface area contributed by atoms with Gasteiger partial charge in [0.05, 0.1) is 37.8 Å². The Morgan fingerprint density at radius 3 is 1.80 bits per heavy atom. The van der Waals surface area contributed by atoms with E-state index in [-0.39, 0.29) is 12.0 Å². The highest BCUT2D eigenvalue weighted by Gasteiger charge is 2.28. The monoisotopic (exact) mass is 214 g/mol. The normalized spacial score (nSPS) is 12.5. The van der Waals surface area contributed by atoms with E-state index in [0.717, 1.165) is 6.42 Å². The smallest absolute Gasteiger partial charge is 0.0984 e. The van der Waals surface area contributed by atoms with Gasteiger partial charge in [-0.2, -0.15) is 0 Å². The summed E-state index contributed by atoms with van der Waals surface area (Å²) >= 11 is 0. The van der Waals surface area contributed by atoms with Crippen LogP contribution in [-0.4, -0.2) is 24.9 Å². The molecule has 0 saturated carbocycles. The lowest BCUT2D eigenvalue weighted by Gasteiger charge is -2.28. The Balaban J connectivity index is 4.16. The van der Waals surface area contributed by atoms with Crippen molar-refractivity contribution >= 4 is 0 Å². The highest BCUT2D eigenvalue weighted by atomic mass is 16.5. The topological polar surface area (TPSA) is 38.7 Å². The first-order chi connectivity index (χ1) is 7.24. The average molecular weight is 214 g/mol. The molecule has 88 valence electrons. The Kier molecular flexibility index (Phi) is 7.82. The summed E-state index contributed by atoms with van der Waals surface area (Å²) in [6.07, 6.45) is 7.74. The van der Waals surface area contributed by atoms with Crippen LogP contribution in [0.25, 0.3) is 0 Å². The summed E-state index contributed by atoms with van der Waals surface area (Å²) < 4.78 is 10.6. The van der Waals surface area contributed by atoms with Gasteiger partial charge in [-0.25, -0.2) is 0 Å². The molecule has 0 radical (unpaired) electrons. The molecule has 0 heterocycles. The van der Waals surface area contributed by atoms with Crippen molar-refractivity contribution < 1.29 is 14.6 Å². The average Bonchev–Trinajstić information content (AvgIpc) is 2.28. The van der Waals surface area contributed by atoms with Gasteiger partial charge in [-0.15, -0.1) is 0 Å². The molecule has 0 atom stereocenters. The van der Waals surface area contributed by atoms with Crippen molar-refractivity contribution in [3.8, 4) is 0 Å². The van der Waals surface area contributed by atoms with Gasteiger partial charge in [-0.1, -0.05) is 19.1 Å². The van der Waals surface area contributed by atoms with Crippen molar-refractivity contribution in [3.63, 3.8) is 0 Å². The maximum atomic E-state index is 9.37. The summed E-state index contributed by atoms with van der Waals surface area (Å²) in [6, 6.07) is 0. The molecular weight excluding hydrogens is 192 g/mol. The lowest BCUT2D eigenvalue weighted by atomic mass is 9.88. The molecule has 0 aromatic carbocycles. The zero-order valence-electron chi connectivity index (χ0n) is 9.90. The van der Waals surface area contributed by atoms with E-state index in [1.807, 2.05) is 32.9 Å². The zero-order valence-corrected chi connectivity index (χ0v) is 9.90. The van der Waals surface area contributed by atoms with Gasteiger partial charge >= 0.3 is 0 Å². The molecule has 0 unspecified atom stereocenters. The first-order valence-corrected chi connectivity index (χ1v) is 5.31. The number of rotatable bonds is 8. The number of hydrogen-bond acceptors (Lipinski definition) is 3. The third-order valence-electron chi connectivity index (χ3n) is 2.33. The molecule has 3 heteroatoms. The molecule has 1 N–H and O–H groups in total. The molecule has 0 aliphatic carbocycles. The third kappa shape index (κ3) is 5.47. The van der Waals surface area contributed by atoms with Gasteiger partial charge in [0.15, 0.2) is 0 Å². The lowest BCUT2D eigenvalue weighted by Crippen LogP contribution is -2.34. The molecule has 0 bridgehead atoms. The van der Waals surface area contributed by atoms with Crippen LogP contribution in [0, 0.1) is 5.41 Å². The first kappa shape index (κ1) is 14.0. The molecule has 0 aliphatic rings. The summed E-state index contributed by atoms with van der Waals surface area (Å²) in [5.74, 6) is 0. The van der Waals surface area contributed by atoms with E-state index in [1.54, 1.807) is 12.5 Å². The molecule has 0 aromatic rings. The summed E-state index contributed by atoms with van der Waals surface area (Å²) in [6.45, 7) is 6.82. The molecule has 0 saturated heterocycles. The summed E-state index contributed by atoms with van der Waals surface area (Å²) in [5, 5.41) is 9.37. The molecule has 3 nitrogen and oxygen atoms in total. The summed E-state index contributed by atoms with van der Waals surface area (Å²) in [4.78, 5) is 0. The molecule has 15 heavy (non-hydrogen) atoms. The van der Waals surface area contributed by atoms with Crippen LogP contribution in [-0.2, 0) is 9.47 Å². The largest absolute Gasteiger partial charge is 0.501 e. The van der Waals surface area contributed by atoms with Crippen molar-refractivity contribution in [1.82, 2.24) is 0 Å². The Labute approximate surface area is 92.4 Å². The second kappa shape index (κ2) is 8.36. The van der Waals surface area contributed by atoms with Gasteiger partial charge < -0.3 is 14.6 Å². The molecule has 0 aromatic heterocycles. The fourth-order valence-electron chi connectivity index (χ4n) is 1.09. The van der Waals surface area contributed by atoms with E-state index in [1.165, 1.54) is 0 Å². The standard InChI is InChI=1S/C12H22O3/c1-4-7-14-10-12(6-3,9-13)11-15-8-5-2/h4-5,7-8,13H,6,9-11H2,1-3H3/b7-4+,8-5+. The molecule has 0 fully saturated rings. The lowest BCUT2D eigenvalue weighted by molar-refractivity contribution is -0.00772. The van der Waals surface area contributed by atoms with Gasteiger partial charge in [-0.3, -0.25) is 0 Å². The number of allylic oxidation sites excluding steroid dienone is 2. The quantitative estimate of drug-likeness (QED) is 0.631. The van der Waals surface area contributed by atoms with Gasteiger partial charge in [0.1, 0.15) is 0 Å². The van der Waals surface area contributed by atoms with Crippen molar-refractivity contribution in [2.45, 2.75) is 27.2 Å². The Hall–Kier alpha value is -0.960. The van der Waals surface area contributed by atoms with Crippen molar-refractivity contribution in [2.75, 3.05) is 19.8 Å². The molecule has 0 aliphatic heterocycles. The van der Waals surface area contributed by atoms with Crippen LogP contribution in [0.4, 0.5) is 0 Å². The van der Waals surface area contributed by atoms with Crippen LogP contribution >= 0.6 is 0 Å². The van der Waals surface area contributed by atoms with E-state index < -0.39 is 0 Å². The Morgan fingerprint density at radius 1 is 1.07 bits per heavy atom. The van der Waals surface area contributed by atoms with Crippen LogP contribution < -0.4 is 0 Å². The maximum absolute atomic E-state index is 9.37. The highest BCUT2D eigenvalue weighted by Crippen LogP contribution is 2.22. The minimum Gasteiger partial charge on any atom is -0.501 e. The van der Waals surface area contributed by atoms with Crippen LogP contribution in [0.5, 0.6) is 0 Å². The minimum atomic E-state index is -0.307. The van der Waals surface area contributed by atoms with Crippen molar-refractivity contribution in [3.05, 3.63) is 24.7 Å². The van der Waals surface area contributed by atoms with Gasteiger partial charge in [0.25, 0.3) is 0 Å². The fraction of sp³-hybridized carbons (Fsp3) is 0.667. The van der Waals surface area contributed by atoms with E-state index >= 15 is 0 Å². The predicted molar refractivity (Wildman–Crippen MR) is 61.3 cm³/mol. The Morgan fingerprint density at radius 2 is 1.53 bits per heavy atom. The van der Waals surface area contributed by atoms with Crippen molar-refractivity contribution in [2.24, 2.45) is 5.41 Å². The fourth-order valence-corrected chi connectivity index (χ4v) is 1.09. The van der Waals surface area contributed by atoms with Crippen LogP contribution in [0.1, 0.15) is 27.2 Å². The van der Waals surface area contributed by atoms with Gasteiger partial charge in [0, 0.05) is 0 Å². The van der Waals surface area contributed by atoms with E-state index in [2.05, 4.69) is 0 Å². The van der Waals surface area contributed by atoms with Crippen molar-refractivity contribution in [1.29, 1.82) is 0 Å². The van der Waals surface area contributed by atoms with Crippen LogP contribution in [0.2, 0.25) is 0 Å². The second-order valence-corrected chi connectivity index (χ2v) is 3.57. The summed E-state index contributed by atoms with van der Waals surface area (Å²) in [5.41, 5.74) is -0.307. The molecule has 0 amide bonds. The van der Waals surface area contributed by atoms with Gasteiger partial charge in [-0.05, 0) is 20.3 Å². The Bertz CT molecular complexity index is 175.